The number of nitrogens with zero attached hydrogens (tertiary/aromatic N) is 3. The number of ether oxygens (including phenoxy) is 1. The van der Waals surface area contributed by atoms with Gasteiger partial charge in [-0.2, -0.15) is 0 Å². The Balaban J connectivity index is 1.50. The van der Waals surface area contributed by atoms with Crippen LogP contribution in [0.5, 0.6) is 0 Å². The van der Waals surface area contributed by atoms with E-state index in [1.165, 1.54) is 12.0 Å². The summed E-state index contributed by atoms with van der Waals surface area (Å²) >= 11 is 0. The van der Waals surface area contributed by atoms with Crippen LogP contribution in [0.25, 0.3) is 0 Å². The second kappa shape index (κ2) is 8.87. The summed E-state index contributed by atoms with van der Waals surface area (Å²) in [7, 11) is 1.90. The van der Waals surface area contributed by atoms with Gasteiger partial charge >= 0.3 is 0 Å². The molecule has 26 heavy (non-hydrogen) atoms. The number of morpholine rings is 1. The van der Waals surface area contributed by atoms with E-state index in [-0.39, 0.29) is 5.54 Å². The van der Waals surface area contributed by atoms with Crippen molar-refractivity contribution in [2.75, 3.05) is 53.0 Å². The van der Waals surface area contributed by atoms with Gasteiger partial charge in [-0.15, -0.1) is 0 Å². The summed E-state index contributed by atoms with van der Waals surface area (Å²) in [6.45, 7) is 11.4. The average molecular weight is 359 g/mol. The first-order valence-corrected chi connectivity index (χ1v) is 9.91. The molecule has 3 rings (SSSR count). The second-order valence-electron chi connectivity index (χ2n) is 8.10. The average Bonchev–Trinajstić information content (AvgIpc) is 3.12. The van der Waals surface area contributed by atoms with Crippen molar-refractivity contribution in [3.63, 3.8) is 0 Å². The van der Waals surface area contributed by atoms with Gasteiger partial charge in [-0.25, -0.2) is 0 Å². The summed E-state index contributed by atoms with van der Waals surface area (Å²) in [5.74, 6) is 1.75. The minimum atomic E-state index is 0.100. The lowest BCUT2D eigenvalue weighted by Crippen LogP contribution is -2.56. The molecule has 0 amide bonds. The summed E-state index contributed by atoms with van der Waals surface area (Å²) in [6, 6.07) is 10.8. The normalized spacial score (nSPS) is 22.7. The molecule has 1 aromatic carbocycles. The Morgan fingerprint density at radius 1 is 1.19 bits per heavy atom. The Hall–Kier alpha value is -1.59. The van der Waals surface area contributed by atoms with E-state index in [1.54, 1.807) is 0 Å². The molecule has 144 valence electrons. The number of likely N-dealkylation sites (tertiary alicyclic amines) is 1. The lowest BCUT2D eigenvalue weighted by atomic mass is 9.99. The fraction of sp³-hybridized carbons (Fsp3) is 0.667. The largest absolute Gasteiger partial charge is 0.379 e. The van der Waals surface area contributed by atoms with Gasteiger partial charge in [-0.1, -0.05) is 30.3 Å². The fourth-order valence-electron chi connectivity index (χ4n) is 4.05. The first-order valence-electron chi connectivity index (χ1n) is 9.91. The van der Waals surface area contributed by atoms with Crippen molar-refractivity contribution >= 4 is 5.96 Å². The smallest absolute Gasteiger partial charge is 0.193 e. The molecule has 0 saturated carbocycles. The van der Waals surface area contributed by atoms with Crippen molar-refractivity contribution < 1.29 is 4.74 Å². The first-order chi connectivity index (χ1) is 12.6. The van der Waals surface area contributed by atoms with Crippen molar-refractivity contribution in [3.05, 3.63) is 35.9 Å². The van der Waals surface area contributed by atoms with Crippen LogP contribution < -0.4 is 5.32 Å². The predicted octanol–water partition coefficient (Wildman–Crippen LogP) is 2.24. The number of benzene rings is 1. The zero-order chi connectivity index (χ0) is 18.4. The standard InChI is InChI=1S/C21H34N4O/c1-21(2,25-11-13-26-14-12-25)17-23-20(22-3)24-10-9-19(16-24)15-18-7-5-4-6-8-18/h4-8,19H,9-17H2,1-3H3,(H,22,23). The molecule has 0 aliphatic carbocycles. The zero-order valence-electron chi connectivity index (χ0n) is 16.6. The SMILES string of the molecule is CN=C(NCC(C)(C)N1CCOCC1)N1CCC(Cc2ccccc2)C1. The van der Waals surface area contributed by atoms with E-state index in [9.17, 15) is 0 Å². The van der Waals surface area contributed by atoms with Gasteiger partial charge in [0.15, 0.2) is 5.96 Å². The summed E-state index contributed by atoms with van der Waals surface area (Å²) in [4.78, 5) is 9.48. The van der Waals surface area contributed by atoms with Crippen molar-refractivity contribution in [1.29, 1.82) is 0 Å². The van der Waals surface area contributed by atoms with Crippen LogP contribution in [0.1, 0.15) is 25.8 Å². The maximum atomic E-state index is 5.49. The summed E-state index contributed by atoms with van der Waals surface area (Å²) in [5, 5.41) is 3.63. The minimum absolute atomic E-state index is 0.100. The van der Waals surface area contributed by atoms with Gasteiger partial charge in [-0.3, -0.25) is 9.89 Å². The quantitative estimate of drug-likeness (QED) is 0.647. The molecule has 2 heterocycles. The lowest BCUT2D eigenvalue weighted by Gasteiger charge is -2.41. The maximum Gasteiger partial charge on any atom is 0.193 e. The number of aliphatic imine (C=N–C) groups is 1. The molecule has 5 nitrogen and oxygen atoms in total. The van der Waals surface area contributed by atoms with Crippen molar-refractivity contribution in [3.8, 4) is 0 Å². The lowest BCUT2D eigenvalue weighted by molar-refractivity contribution is -0.00846. The molecule has 1 N–H and O–H groups in total. The number of rotatable bonds is 5. The zero-order valence-corrected chi connectivity index (χ0v) is 16.6. The Morgan fingerprint density at radius 2 is 1.92 bits per heavy atom. The predicted molar refractivity (Wildman–Crippen MR) is 108 cm³/mol. The van der Waals surface area contributed by atoms with Crippen LogP contribution in [0.2, 0.25) is 0 Å². The highest BCUT2D eigenvalue weighted by atomic mass is 16.5. The molecule has 0 bridgehead atoms. The van der Waals surface area contributed by atoms with E-state index >= 15 is 0 Å². The van der Waals surface area contributed by atoms with Crippen LogP contribution in [-0.2, 0) is 11.2 Å². The third-order valence-electron chi connectivity index (χ3n) is 5.71. The summed E-state index contributed by atoms with van der Waals surface area (Å²) < 4.78 is 5.49. The van der Waals surface area contributed by atoms with E-state index < -0.39 is 0 Å². The molecule has 0 aromatic heterocycles. The Morgan fingerprint density at radius 3 is 2.62 bits per heavy atom. The van der Waals surface area contributed by atoms with Crippen LogP contribution in [0.4, 0.5) is 0 Å². The number of nitrogens with one attached hydrogen (secondary N) is 1. The first kappa shape index (κ1) is 19.2. The van der Waals surface area contributed by atoms with Crippen LogP contribution >= 0.6 is 0 Å². The molecule has 0 radical (unpaired) electrons. The molecule has 1 unspecified atom stereocenters. The molecule has 0 spiro atoms. The van der Waals surface area contributed by atoms with E-state index in [4.69, 9.17) is 4.74 Å². The van der Waals surface area contributed by atoms with E-state index in [0.29, 0.717) is 5.92 Å². The highest BCUT2D eigenvalue weighted by molar-refractivity contribution is 5.80. The van der Waals surface area contributed by atoms with Crippen LogP contribution in [-0.4, -0.2) is 74.3 Å². The molecule has 1 atom stereocenters. The molecular formula is C21H34N4O. The third-order valence-corrected chi connectivity index (χ3v) is 5.71. The highest BCUT2D eigenvalue weighted by Crippen LogP contribution is 2.21. The molecule has 5 heteroatoms. The van der Waals surface area contributed by atoms with Gasteiger partial charge in [0.1, 0.15) is 0 Å². The Labute approximate surface area is 158 Å². The van der Waals surface area contributed by atoms with Crippen LogP contribution in [0, 0.1) is 5.92 Å². The van der Waals surface area contributed by atoms with E-state index in [0.717, 1.165) is 58.3 Å². The number of hydrogen-bond acceptors (Lipinski definition) is 3. The van der Waals surface area contributed by atoms with Crippen molar-refractivity contribution in [2.45, 2.75) is 32.2 Å². The number of hydrogen-bond donors (Lipinski definition) is 1. The molecule has 2 fully saturated rings. The van der Waals surface area contributed by atoms with E-state index in [2.05, 4.69) is 64.3 Å². The van der Waals surface area contributed by atoms with Crippen LogP contribution in [0.15, 0.2) is 35.3 Å². The molecule has 2 aliphatic rings. The van der Waals surface area contributed by atoms with Gasteiger partial charge < -0.3 is 15.0 Å². The summed E-state index contributed by atoms with van der Waals surface area (Å²) in [6.07, 6.45) is 2.40. The minimum Gasteiger partial charge on any atom is -0.379 e. The van der Waals surface area contributed by atoms with Crippen LogP contribution in [0.3, 0.4) is 0 Å². The topological polar surface area (TPSA) is 40.1 Å². The number of guanidine groups is 1. The molecular weight excluding hydrogens is 324 g/mol. The van der Waals surface area contributed by atoms with Gasteiger partial charge in [0.2, 0.25) is 0 Å². The van der Waals surface area contributed by atoms with Gasteiger partial charge in [0.25, 0.3) is 0 Å². The fourth-order valence-corrected chi connectivity index (χ4v) is 4.05. The molecule has 2 aliphatic heterocycles. The highest BCUT2D eigenvalue weighted by Gasteiger charge is 2.30. The maximum absolute atomic E-state index is 5.49. The summed E-state index contributed by atoms with van der Waals surface area (Å²) in [5.41, 5.74) is 1.54. The Kier molecular flexibility index (Phi) is 6.54. The third kappa shape index (κ3) is 4.98. The van der Waals surface area contributed by atoms with E-state index in [1.807, 2.05) is 7.05 Å². The Bertz CT molecular complexity index is 581. The van der Waals surface area contributed by atoms with Crippen molar-refractivity contribution in [1.82, 2.24) is 15.1 Å². The molecule has 2 saturated heterocycles. The monoisotopic (exact) mass is 358 g/mol. The second-order valence-corrected chi connectivity index (χ2v) is 8.10. The van der Waals surface area contributed by atoms with Crippen molar-refractivity contribution in [2.24, 2.45) is 10.9 Å². The molecule has 1 aromatic rings. The van der Waals surface area contributed by atoms with Gasteiger partial charge in [-0.05, 0) is 38.2 Å². The van der Waals surface area contributed by atoms with Gasteiger partial charge in [0, 0.05) is 45.3 Å². The van der Waals surface area contributed by atoms with Gasteiger partial charge in [0.05, 0.1) is 13.2 Å².